The number of hydrogen-bond donors (Lipinski definition) is 1. The molecule has 2 heterocycles. The zero-order valence-corrected chi connectivity index (χ0v) is 8.30. The van der Waals surface area contributed by atoms with E-state index < -0.39 is 12.0 Å². The number of thioether (sulfide) groups is 1. The summed E-state index contributed by atoms with van der Waals surface area (Å²) in [6.07, 6.45) is 0. The summed E-state index contributed by atoms with van der Waals surface area (Å²) in [5.41, 5.74) is -0.366. The third-order valence-electron chi connectivity index (χ3n) is 2.69. The van der Waals surface area contributed by atoms with Crippen molar-refractivity contribution in [1.82, 2.24) is 4.90 Å². The minimum atomic E-state index is -0.890. The number of carbonyl (C=O) groups is 2. The SMILES string of the molecule is CC1(C)C(=O)N2C(C(=O)O)CS[C@H]21. The smallest absolute Gasteiger partial charge is 0.327 e. The topological polar surface area (TPSA) is 57.6 Å². The largest absolute Gasteiger partial charge is 0.480 e. The molecule has 0 spiro atoms. The van der Waals surface area contributed by atoms with Gasteiger partial charge >= 0.3 is 5.97 Å². The summed E-state index contributed by atoms with van der Waals surface area (Å²) in [6, 6.07) is -0.601. The Labute approximate surface area is 80.3 Å². The standard InChI is InChI=1S/C8H11NO3S/c1-8(2)6(12)9-4(5(10)11)3-13-7(8)9/h4,7H,3H2,1-2H3,(H,10,11)/t4?,7-/m0/s1. The fourth-order valence-electron chi connectivity index (χ4n) is 1.87. The minimum absolute atomic E-state index is 0.0325. The average Bonchev–Trinajstić information content (AvgIpc) is 2.45. The highest BCUT2D eigenvalue weighted by Crippen LogP contribution is 2.50. The molecule has 0 aliphatic carbocycles. The summed E-state index contributed by atoms with van der Waals surface area (Å²) in [7, 11) is 0. The van der Waals surface area contributed by atoms with Gasteiger partial charge in [-0.15, -0.1) is 11.8 Å². The maximum atomic E-state index is 11.5. The number of carboxylic acids is 1. The van der Waals surface area contributed by atoms with Crippen molar-refractivity contribution in [2.45, 2.75) is 25.3 Å². The summed E-state index contributed by atoms with van der Waals surface area (Å²) >= 11 is 1.56. The summed E-state index contributed by atoms with van der Waals surface area (Å²) in [5.74, 6) is -0.399. The molecule has 0 aromatic heterocycles. The van der Waals surface area contributed by atoms with Crippen LogP contribution >= 0.6 is 11.8 Å². The Morgan fingerprint density at radius 3 is 2.85 bits per heavy atom. The molecule has 2 rings (SSSR count). The fourth-order valence-corrected chi connectivity index (χ4v) is 3.46. The second-order valence-corrected chi connectivity index (χ2v) is 5.09. The van der Waals surface area contributed by atoms with Crippen LogP contribution in [0, 0.1) is 5.41 Å². The highest BCUT2D eigenvalue weighted by Gasteiger charge is 2.61. The van der Waals surface area contributed by atoms with E-state index >= 15 is 0 Å². The van der Waals surface area contributed by atoms with Crippen molar-refractivity contribution < 1.29 is 14.7 Å². The van der Waals surface area contributed by atoms with Crippen LogP contribution in [0.2, 0.25) is 0 Å². The third kappa shape index (κ3) is 0.935. The molecule has 2 saturated heterocycles. The van der Waals surface area contributed by atoms with Crippen molar-refractivity contribution in [1.29, 1.82) is 0 Å². The first-order valence-electron chi connectivity index (χ1n) is 4.13. The molecule has 13 heavy (non-hydrogen) atoms. The van der Waals surface area contributed by atoms with Crippen molar-refractivity contribution in [3.8, 4) is 0 Å². The second kappa shape index (κ2) is 2.41. The van der Waals surface area contributed by atoms with Gasteiger partial charge in [-0.3, -0.25) is 4.79 Å². The first-order chi connectivity index (χ1) is 5.96. The normalized spacial score (nSPS) is 35.5. The van der Waals surface area contributed by atoms with E-state index in [4.69, 9.17) is 5.11 Å². The molecule has 0 aromatic rings. The lowest BCUT2D eigenvalue weighted by atomic mass is 9.81. The Morgan fingerprint density at radius 2 is 2.31 bits per heavy atom. The van der Waals surface area contributed by atoms with Gasteiger partial charge < -0.3 is 10.0 Å². The number of fused-ring (bicyclic) bond motifs is 1. The van der Waals surface area contributed by atoms with Gasteiger partial charge in [0.2, 0.25) is 5.91 Å². The lowest BCUT2D eigenvalue weighted by Gasteiger charge is -2.49. The molecule has 2 fully saturated rings. The molecule has 5 heteroatoms. The molecule has 4 nitrogen and oxygen atoms in total. The molecule has 0 bridgehead atoms. The first-order valence-corrected chi connectivity index (χ1v) is 5.18. The number of nitrogens with zero attached hydrogens (tertiary/aromatic N) is 1. The lowest BCUT2D eigenvalue weighted by molar-refractivity contribution is -0.169. The van der Waals surface area contributed by atoms with Gasteiger partial charge in [0.25, 0.3) is 0 Å². The first kappa shape index (κ1) is 8.87. The van der Waals surface area contributed by atoms with Crippen molar-refractivity contribution in [3.05, 3.63) is 0 Å². The molecule has 0 radical (unpaired) electrons. The van der Waals surface area contributed by atoms with Gasteiger partial charge in [0.1, 0.15) is 6.04 Å². The second-order valence-electron chi connectivity index (χ2n) is 3.97. The Bertz CT molecular complexity index is 289. The average molecular weight is 201 g/mol. The number of β-lactam (4-membered cyclic amide) rings is 1. The van der Waals surface area contributed by atoms with E-state index in [9.17, 15) is 9.59 Å². The van der Waals surface area contributed by atoms with Crippen LogP contribution in [-0.2, 0) is 9.59 Å². The molecule has 2 atom stereocenters. The van der Waals surface area contributed by atoms with Crippen LogP contribution in [0.3, 0.4) is 0 Å². The predicted octanol–water partition coefficient (Wildman–Crippen LogP) is 0.381. The lowest BCUT2D eigenvalue weighted by Crippen LogP contribution is -2.66. The van der Waals surface area contributed by atoms with E-state index in [-0.39, 0.29) is 16.7 Å². The molecule has 1 amide bonds. The number of rotatable bonds is 1. The number of carbonyl (C=O) groups excluding carboxylic acids is 1. The van der Waals surface area contributed by atoms with Crippen molar-refractivity contribution in [2.24, 2.45) is 5.41 Å². The molecule has 0 aromatic carbocycles. The Kier molecular flexibility index (Phi) is 1.64. The van der Waals surface area contributed by atoms with Crippen LogP contribution in [0.1, 0.15) is 13.8 Å². The van der Waals surface area contributed by atoms with E-state index in [2.05, 4.69) is 0 Å². The highest BCUT2D eigenvalue weighted by atomic mass is 32.2. The van der Waals surface area contributed by atoms with Crippen LogP contribution < -0.4 is 0 Å². The van der Waals surface area contributed by atoms with Crippen LogP contribution in [0.4, 0.5) is 0 Å². The molecule has 0 saturated carbocycles. The summed E-state index contributed by atoms with van der Waals surface area (Å²) in [6.45, 7) is 3.74. The maximum absolute atomic E-state index is 11.5. The van der Waals surface area contributed by atoms with Gasteiger partial charge in [0.05, 0.1) is 10.8 Å². The molecular weight excluding hydrogens is 190 g/mol. The van der Waals surface area contributed by atoms with E-state index in [0.717, 1.165) is 0 Å². The molecule has 2 aliphatic rings. The number of aliphatic carboxylic acids is 1. The summed E-state index contributed by atoms with van der Waals surface area (Å²) in [4.78, 5) is 23.8. The highest BCUT2D eigenvalue weighted by molar-refractivity contribution is 8.00. The van der Waals surface area contributed by atoms with Crippen LogP contribution in [0.25, 0.3) is 0 Å². The molecular formula is C8H11NO3S. The summed E-state index contributed by atoms with van der Waals surface area (Å²) in [5, 5.41) is 8.89. The van der Waals surface area contributed by atoms with E-state index in [0.29, 0.717) is 5.75 Å². The van der Waals surface area contributed by atoms with Gasteiger partial charge in [-0.25, -0.2) is 4.79 Å². The van der Waals surface area contributed by atoms with Crippen molar-refractivity contribution >= 4 is 23.6 Å². The van der Waals surface area contributed by atoms with E-state index in [1.165, 1.54) is 4.90 Å². The Hall–Kier alpha value is -0.710. The van der Waals surface area contributed by atoms with Crippen LogP contribution in [-0.4, -0.2) is 39.1 Å². The number of hydrogen-bond acceptors (Lipinski definition) is 3. The summed E-state index contributed by atoms with van der Waals surface area (Å²) < 4.78 is 0. The molecule has 1 N–H and O–H groups in total. The molecule has 72 valence electrons. The Balaban J connectivity index is 2.22. The minimum Gasteiger partial charge on any atom is -0.480 e. The van der Waals surface area contributed by atoms with Gasteiger partial charge in [0, 0.05) is 5.75 Å². The zero-order valence-electron chi connectivity index (χ0n) is 7.48. The number of amides is 1. The fraction of sp³-hybridized carbons (Fsp3) is 0.750. The molecule has 1 unspecified atom stereocenters. The van der Waals surface area contributed by atoms with Gasteiger partial charge in [-0.1, -0.05) is 0 Å². The number of carboxylic acid groups (broad SMARTS) is 1. The maximum Gasteiger partial charge on any atom is 0.327 e. The van der Waals surface area contributed by atoms with E-state index in [1.54, 1.807) is 11.8 Å². The van der Waals surface area contributed by atoms with Gasteiger partial charge in [-0.2, -0.15) is 0 Å². The third-order valence-corrected chi connectivity index (χ3v) is 4.33. The Morgan fingerprint density at radius 1 is 1.69 bits per heavy atom. The monoisotopic (exact) mass is 201 g/mol. The van der Waals surface area contributed by atoms with Gasteiger partial charge in [0.15, 0.2) is 0 Å². The molecule has 2 aliphatic heterocycles. The van der Waals surface area contributed by atoms with Crippen molar-refractivity contribution in [2.75, 3.05) is 5.75 Å². The van der Waals surface area contributed by atoms with Gasteiger partial charge in [-0.05, 0) is 13.8 Å². The van der Waals surface area contributed by atoms with E-state index in [1.807, 2.05) is 13.8 Å². The van der Waals surface area contributed by atoms with Crippen LogP contribution in [0.15, 0.2) is 0 Å². The van der Waals surface area contributed by atoms with Crippen LogP contribution in [0.5, 0.6) is 0 Å². The zero-order chi connectivity index (χ0) is 9.80. The predicted molar refractivity (Wildman–Crippen MR) is 48.3 cm³/mol. The quantitative estimate of drug-likeness (QED) is 0.623. The van der Waals surface area contributed by atoms with Crippen molar-refractivity contribution in [3.63, 3.8) is 0 Å².